The first-order chi connectivity index (χ1) is 10.9. The van der Waals surface area contributed by atoms with Gasteiger partial charge in [-0.25, -0.2) is 4.79 Å². The lowest BCUT2D eigenvalue weighted by molar-refractivity contribution is -0.136. The molecule has 2 fully saturated rings. The minimum absolute atomic E-state index is 0.0286. The van der Waals surface area contributed by atoms with Gasteiger partial charge in [0, 0.05) is 25.1 Å². The van der Waals surface area contributed by atoms with E-state index in [9.17, 15) is 18.0 Å². The quantitative estimate of drug-likeness (QED) is 0.853. The lowest BCUT2D eigenvalue weighted by atomic mass is 9.79. The Bertz CT molecular complexity index is 583. The second-order valence-corrected chi connectivity index (χ2v) is 6.30. The van der Waals surface area contributed by atoms with Crippen LogP contribution in [0.5, 0.6) is 0 Å². The standard InChI is InChI=1S/C16H19F3N2O2/c17-16(18,19)12-4-1-2-5-13(12)20-14(22)21-8-3-6-15(10-21)7-9-23-11-15/h1-2,4-5H,3,6-11H2,(H,20,22). The molecule has 2 aliphatic rings. The van der Waals surface area contributed by atoms with Crippen LogP contribution in [-0.4, -0.2) is 37.2 Å². The predicted molar refractivity (Wildman–Crippen MR) is 79.1 cm³/mol. The zero-order valence-electron chi connectivity index (χ0n) is 12.7. The van der Waals surface area contributed by atoms with Crippen LogP contribution in [0.4, 0.5) is 23.7 Å². The summed E-state index contributed by atoms with van der Waals surface area (Å²) in [7, 11) is 0. The molecule has 1 spiro atoms. The number of likely N-dealkylation sites (tertiary alicyclic amines) is 1. The van der Waals surface area contributed by atoms with Crippen molar-refractivity contribution in [3.8, 4) is 0 Å². The van der Waals surface area contributed by atoms with Gasteiger partial charge in [0.25, 0.3) is 0 Å². The maximum atomic E-state index is 13.0. The van der Waals surface area contributed by atoms with Gasteiger partial charge in [0.15, 0.2) is 0 Å². The van der Waals surface area contributed by atoms with Crippen molar-refractivity contribution in [2.24, 2.45) is 5.41 Å². The first-order valence-corrected chi connectivity index (χ1v) is 7.70. The molecule has 2 saturated heterocycles. The first-order valence-electron chi connectivity index (χ1n) is 7.70. The summed E-state index contributed by atoms with van der Waals surface area (Å²) in [5.74, 6) is 0. The van der Waals surface area contributed by atoms with Gasteiger partial charge in [0.1, 0.15) is 0 Å². The molecule has 1 unspecified atom stereocenters. The van der Waals surface area contributed by atoms with Crippen molar-refractivity contribution < 1.29 is 22.7 Å². The molecule has 1 atom stereocenters. The van der Waals surface area contributed by atoms with Crippen molar-refractivity contribution in [2.45, 2.75) is 25.4 Å². The van der Waals surface area contributed by atoms with Crippen molar-refractivity contribution >= 4 is 11.7 Å². The van der Waals surface area contributed by atoms with Gasteiger partial charge in [-0.2, -0.15) is 13.2 Å². The number of rotatable bonds is 1. The Labute approximate surface area is 132 Å². The Morgan fingerprint density at radius 3 is 2.74 bits per heavy atom. The number of para-hydroxylation sites is 1. The van der Waals surface area contributed by atoms with Gasteiger partial charge in [-0.1, -0.05) is 12.1 Å². The first kappa shape index (κ1) is 16.1. The minimum Gasteiger partial charge on any atom is -0.381 e. The normalized spacial score (nSPS) is 24.9. The van der Waals surface area contributed by atoms with Crippen molar-refractivity contribution in [1.29, 1.82) is 0 Å². The molecular weight excluding hydrogens is 309 g/mol. The van der Waals surface area contributed by atoms with Gasteiger partial charge in [0.05, 0.1) is 17.9 Å². The van der Waals surface area contributed by atoms with Crippen molar-refractivity contribution in [3.05, 3.63) is 29.8 Å². The number of nitrogens with zero attached hydrogens (tertiary/aromatic N) is 1. The van der Waals surface area contributed by atoms with Crippen LogP contribution in [0.25, 0.3) is 0 Å². The molecule has 0 aromatic heterocycles. The maximum Gasteiger partial charge on any atom is 0.418 e. The number of carbonyl (C=O) groups is 1. The van der Waals surface area contributed by atoms with E-state index in [4.69, 9.17) is 4.74 Å². The fourth-order valence-electron chi connectivity index (χ4n) is 3.39. The van der Waals surface area contributed by atoms with Crippen molar-refractivity contribution in [2.75, 3.05) is 31.6 Å². The number of ether oxygens (including phenoxy) is 1. The topological polar surface area (TPSA) is 41.6 Å². The van der Waals surface area contributed by atoms with Crippen LogP contribution in [-0.2, 0) is 10.9 Å². The molecule has 1 N–H and O–H groups in total. The summed E-state index contributed by atoms with van der Waals surface area (Å²) in [6.07, 6.45) is -1.75. The third kappa shape index (κ3) is 3.44. The van der Waals surface area contributed by atoms with E-state index in [0.29, 0.717) is 26.3 Å². The molecule has 2 amide bonds. The van der Waals surface area contributed by atoms with Crippen LogP contribution in [0.1, 0.15) is 24.8 Å². The van der Waals surface area contributed by atoms with Crippen LogP contribution < -0.4 is 5.32 Å². The third-order valence-corrected chi connectivity index (χ3v) is 4.61. The second-order valence-electron chi connectivity index (χ2n) is 6.30. The van der Waals surface area contributed by atoms with Gasteiger partial charge in [-0.3, -0.25) is 0 Å². The summed E-state index contributed by atoms with van der Waals surface area (Å²) < 4.78 is 44.4. The summed E-state index contributed by atoms with van der Waals surface area (Å²) in [5, 5.41) is 2.42. The van der Waals surface area contributed by atoms with Gasteiger partial charge < -0.3 is 15.0 Å². The number of hydrogen-bond donors (Lipinski definition) is 1. The molecule has 0 bridgehead atoms. The second kappa shape index (κ2) is 6.03. The van der Waals surface area contributed by atoms with Gasteiger partial charge in [-0.05, 0) is 31.4 Å². The molecule has 2 aliphatic heterocycles. The zero-order chi connectivity index (χ0) is 16.5. The predicted octanol–water partition coefficient (Wildman–Crippen LogP) is 3.74. The van der Waals surface area contributed by atoms with E-state index in [2.05, 4.69) is 5.32 Å². The molecule has 0 saturated carbocycles. The van der Waals surface area contributed by atoms with E-state index < -0.39 is 17.8 Å². The van der Waals surface area contributed by atoms with E-state index in [1.165, 1.54) is 18.2 Å². The molecule has 0 radical (unpaired) electrons. The Hall–Kier alpha value is -1.76. The number of carbonyl (C=O) groups excluding carboxylic acids is 1. The van der Waals surface area contributed by atoms with Gasteiger partial charge >= 0.3 is 12.2 Å². The van der Waals surface area contributed by atoms with E-state index in [1.54, 1.807) is 4.90 Å². The number of anilines is 1. The summed E-state index contributed by atoms with van der Waals surface area (Å²) in [6.45, 7) is 2.40. The van der Waals surface area contributed by atoms with E-state index in [0.717, 1.165) is 25.3 Å². The van der Waals surface area contributed by atoms with E-state index in [-0.39, 0.29) is 11.1 Å². The SMILES string of the molecule is O=C(Nc1ccccc1C(F)(F)F)N1CCCC2(CCOC2)C1. The summed E-state index contributed by atoms with van der Waals surface area (Å²) in [5.41, 5.74) is -1.06. The number of benzene rings is 1. The Balaban J connectivity index is 1.72. The van der Waals surface area contributed by atoms with Crippen LogP contribution in [0.3, 0.4) is 0 Å². The Kier molecular flexibility index (Phi) is 4.23. The molecule has 1 aromatic rings. The summed E-state index contributed by atoms with van der Waals surface area (Å²) in [4.78, 5) is 14.0. The number of urea groups is 1. The van der Waals surface area contributed by atoms with Crippen LogP contribution in [0, 0.1) is 5.41 Å². The molecule has 7 heteroatoms. The van der Waals surface area contributed by atoms with Crippen molar-refractivity contribution in [3.63, 3.8) is 0 Å². The number of piperidine rings is 1. The minimum atomic E-state index is -4.49. The third-order valence-electron chi connectivity index (χ3n) is 4.61. The molecule has 0 aliphatic carbocycles. The molecule has 3 rings (SSSR count). The molecule has 1 aromatic carbocycles. The fraction of sp³-hybridized carbons (Fsp3) is 0.562. The molecule has 2 heterocycles. The average molecular weight is 328 g/mol. The van der Waals surface area contributed by atoms with Crippen LogP contribution >= 0.6 is 0 Å². The summed E-state index contributed by atoms with van der Waals surface area (Å²) >= 11 is 0. The lowest BCUT2D eigenvalue weighted by Crippen LogP contribution is -2.48. The fourth-order valence-corrected chi connectivity index (χ4v) is 3.39. The molecule has 126 valence electrons. The number of amides is 2. The monoisotopic (exact) mass is 328 g/mol. The van der Waals surface area contributed by atoms with Gasteiger partial charge in [-0.15, -0.1) is 0 Å². The van der Waals surface area contributed by atoms with E-state index in [1.807, 2.05) is 0 Å². The highest BCUT2D eigenvalue weighted by atomic mass is 19.4. The number of nitrogens with one attached hydrogen (secondary N) is 1. The zero-order valence-corrected chi connectivity index (χ0v) is 12.7. The van der Waals surface area contributed by atoms with Crippen molar-refractivity contribution in [1.82, 2.24) is 4.90 Å². The smallest absolute Gasteiger partial charge is 0.381 e. The van der Waals surface area contributed by atoms with E-state index >= 15 is 0 Å². The molecule has 23 heavy (non-hydrogen) atoms. The highest BCUT2D eigenvalue weighted by molar-refractivity contribution is 5.90. The number of halogens is 3. The number of hydrogen-bond acceptors (Lipinski definition) is 2. The average Bonchev–Trinajstić information content (AvgIpc) is 2.94. The largest absolute Gasteiger partial charge is 0.418 e. The Morgan fingerprint density at radius 1 is 1.26 bits per heavy atom. The van der Waals surface area contributed by atoms with Crippen LogP contribution in [0.2, 0.25) is 0 Å². The molecular formula is C16H19F3N2O2. The highest BCUT2D eigenvalue weighted by Gasteiger charge is 2.40. The lowest BCUT2D eigenvalue weighted by Gasteiger charge is -2.39. The molecule has 4 nitrogen and oxygen atoms in total. The Morgan fingerprint density at radius 2 is 2.04 bits per heavy atom. The summed E-state index contributed by atoms with van der Waals surface area (Å²) in [6, 6.07) is 4.56. The highest BCUT2D eigenvalue weighted by Crippen LogP contribution is 2.38. The van der Waals surface area contributed by atoms with Gasteiger partial charge in [0.2, 0.25) is 0 Å². The number of alkyl halides is 3. The maximum absolute atomic E-state index is 13.0. The van der Waals surface area contributed by atoms with Crippen LogP contribution in [0.15, 0.2) is 24.3 Å².